The highest BCUT2D eigenvalue weighted by Crippen LogP contribution is 2.35. The minimum atomic E-state index is -4.57. The summed E-state index contributed by atoms with van der Waals surface area (Å²) in [6.07, 6.45) is -3.01. The number of rotatable bonds is 3. The fourth-order valence-electron chi connectivity index (χ4n) is 3.14. The Morgan fingerprint density at radius 2 is 1.96 bits per heavy atom. The third-order valence-corrected chi connectivity index (χ3v) is 4.40. The third kappa shape index (κ3) is 3.33. The number of benzene rings is 1. The smallest absolute Gasteiger partial charge is 0.435 e. The first kappa shape index (κ1) is 17.3. The van der Waals surface area contributed by atoms with Crippen molar-refractivity contribution in [2.45, 2.75) is 25.1 Å². The van der Waals surface area contributed by atoms with Gasteiger partial charge >= 0.3 is 6.18 Å². The molecular weight excluding hydrogens is 335 g/mol. The number of likely N-dealkylation sites (tertiary alicyclic amines) is 1. The van der Waals surface area contributed by atoms with Gasteiger partial charge in [0.2, 0.25) is 0 Å². The molecule has 2 heterocycles. The number of hydrogen-bond acceptors (Lipinski definition) is 3. The molecule has 1 aliphatic rings. The number of aromatic nitrogens is 2. The predicted molar refractivity (Wildman–Crippen MR) is 84.2 cm³/mol. The lowest BCUT2D eigenvalue weighted by Gasteiger charge is -2.25. The van der Waals surface area contributed by atoms with E-state index in [1.807, 2.05) is 24.3 Å². The van der Waals surface area contributed by atoms with E-state index in [0.717, 1.165) is 29.2 Å². The van der Waals surface area contributed by atoms with Crippen molar-refractivity contribution in [3.8, 4) is 5.75 Å². The van der Waals surface area contributed by atoms with Crippen molar-refractivity contribution in [2.24, 2.45) is 7.05 Å². The summed E-state index contributed by atoms with van der Waals surface area (Å²) in [5.41, 5.74) is -0.184. The van der Waals surface area contributed by atoms with Crippen molar-refractivity contribution in [1.29, 1.82) is 0 Å². The summed E-state index contributed by atoms with van der Waals surface area (Å²) in [5.74, 6) is 0.268. The van der Waals surface area contributed by atoms with Crippen molar-refractivity contribution in [3.05, 3.63) is 47.3 Å². The zero-order valence-electron chi connectivity index (χ0n) is 13.9. The molecule has 3 rings (SSSR count). The van der Waals surface area contributed by atoms with Crippen LogP contribution in [-0.2, 0) is 13.2 Å². The standard InChI is InChI=1S/C17H18F3N3O2/c1-22-14(10-15(21-22)17(18,19)20)16(24)23-9-3-4-13(23)11-5-7-12(25-2)8-6-11/h5-8,10,13H,3-4,9H2,1-2H3. The van der Waals surface area contributed by atoms with Gasteiger partial charge in [0.05, 0.1) is 13.2 Å². The van der Waals surface area contributed by atoms with Gasteiger partial charge in [0.15, 0.2) is 5.69 Å². The van der Waals surface area contributed by atoms with Gasteiger partial charge in [-0.1, -0.05) is 12.1 Å². The molecule has 1 aliphatic heterocycles. The van der Waals surface area contributed by atoms with Crippen LogP contribution in [-0.4, -0.2) is 34.2 Å². The van der Waals surface area contributed by atoms with E-state index in [0.29, 0.717) is 12.3 Å². The summed E-state index contributed by atoms with van der Waals surface area (Å²) in [7, 11) is 2.92. The van der Waals surface area contributed by atoms with Crippen LogP contribution in [0.5, 0.6) is 5.75 Å². The average molecular weight is 353 g/mol. The highest BCUT2D eigenvalue weighted by Gasteiger charge is 2.37. The zero-order valence-corrected chi connectivity index (χ0v) is 13.9. The Kier molecular flexibility index (Phi) is 4.45. The lowest BCUT2D eigenvalue weighted by Crippen LogP contribution is -2.32. The molecule has 0 N–H and O–H groups in total. The number of carbonyl (C=O) groups excluding carboxylic acids is 1. The summed E-state index contributed by atoms with van der Waals surface area (Å²) in [4.78, 5) is 14.4. The topological polar surface area (TPSA) is 47.4 Å². The molecule has 0 saturated carbocycles. The molecule has 25 heavy (non-hydrogen) atoms. The Bertz CT molecular complexity index is 768. The van der Waals surface area contributed by atoms with Crippen molar-refractivity contribution in [1.82, 2.24) is 14.7 Å². The number of alkyl halides is 3. The van der Waals surface area contributed by atoms with E-state index in [-0.39, 0.29) is 11.7 Å². The first-order chi connectivity index (χ1) is 11.8. The summed E-state index contributed by atoms with van der Waals surface area (Å²) in [5, 5.41) is 3.42. The van der Waals surface area contributed by atoms with E-state index in [9.17, 15) is 18.0 Å². The molecule has 1 unspecified atom stereocenters. The molecule has 0 spiro atoms. The molecule has 1 amide bonds. The van der Waals surface area contributed by atoms with Crippen LogP contribution in [0.4, 0.5) is 13.2 Å². The Hall–Kier alpha value is -2.51. The van der Waals surface area contributed by atoms with Crippen molar-refractivity contribution >= 4 is 5.91 Å². The van der Waals surface area contributed by atoms with Crippen LogP contribution in [0.3, 0.4) is 0 Å². The van der Waals surface area contributed by atoms with E-state index < -0.39 is 17.8 Å². The van der Waals surface area contributed by atoms with Crippen LogP contribution >= 0.6 is 0 Å². The molecule has 1 saturated heterocycles. The van der Waals surface area contributed by atoms with Crippen molar-refractivity contribution in [3.63, 3.8) is 0 Å². The van der Waals surface area contributed by atoms with E-state index in [4.69, 9.17) is 4.74 Å². The first-order valence-corrected chi connectivity index (χ1v) is 7.87. The van der Waals surface area contributed by atoms with Crippen LogP contribution in [0, 0.1) is 0 Å². The normalized spacial score (nSPS) is 17.8. The summed E-state index contributed by atoms with van der Waals surface area (Å²) < 4.78 is 44.6. The fourth-order valence-corrected chi connectivity index (χ4v) is 3.14. The molecule has 0 bridgehead atoms. The number of methoxy groups -OCH3 is 1. The Morgan fingerprint density at radius 3 is 2.52 bits per heavy atom. The molecule has 2 aromatic rings. The maximum atomic E-state index is 12.8. The second-order valence-electron chi connectivity index (χ2n) is 5.97. The van der Waals surface area contributed by atoms with Crippen molar-refractivity contribution < 1.29 is 22.7 Å². The quantitative estimate of drug-likeness (QED) is 0.849. The highest BCUT2D eigenvalue weighted by molar-refractivity contribution is 5.93. The Labute approximate surface area is 143 Å². The van der Waals surface area contributed by atoms with Gasteiger partial charge in [-0.25, -0.2) is 0 Å². The molecule has 8 heteroatoms. The summed E-state index contributed by atoms with van der Waals surface area (Å²) >= 11 is 0. The monoisotopic (exact) mass is 353 g/mol. The number of hydrogen-bond donors (Lipinski definition) is 0. The lowest BCUT2D eigenvalue weighted by atomic mass is 10.0. The molecule has 0 radical (unpaired) electrons. The number of carbonyl (C=O) groups is 1. The highest BCUT2D eigenvalue weighted by atomic mass is 19.4. The maximum absolute atomic E-state index is 12.8. The molecular formula is C17H18F3N3O2. The Morgan fingerprint density at radius 1 is 1.28 bits per heavy atom. The predicted octanol–water partition coefficient (Wildman–Crippen LogP) is 3.42. The fraction of sp³-hybridized carbons (Fsp3) is 0.412. The second kappa shape index (κ2) is 6.42. The number of aryl methyl sites for hydroxylation is 1. The minimum Gasteiger partial charge on any atom is -0.497 e. The summed E-state index contributed by atoms with van der Waals surface area (Å²) in [6.45, 7) is 0.502. The largest absolute Gasteiger partial charge is 0.497 e. The van der Waals surface area contributed by atoms with Gasteiger partial charge in [-0.15, -0.1) is 0 Å². The van der Waals surface area contributed by atoms with Gasteiger partial charge in [0, 0.05) is 19.7 Å². The molecule has 1 aromatic carbocycles. The van der Waals surface area contributed by atoms with E-state index in [2.05, 4.69) is 5.10 Å². The van der Waals surface area contributed by atoms with E-state index >= 15 is 0 Å². The van der Waals surface area contributed by atoms with Crippen LogP contribution in [0.25, 0.3) is 0 Å². The summed E-state index contributed by atoms with van der Waals surface area (Å²) in [6, 6.07) is 8.01. The number of ether oxygens (including phenoxy) is 1. The third-order valence-electron chi connectivity index (χ3n) is 4.40. The molecule has 134 valence electrons. The lowest BCUT2D eigenvalue weighted by molar-refractivity contribution is -0.141. The van der Waals surface area contributed by atoms with E-state index in [1.54, 1.807) is 12.0 Å². The number of halogens is 3. The van der Waals surface area contributed by atoms with Crippen LogP contribution in [0.1, 0.15) is 40.6 Å². The van der Waals surface area contributed by atoms with Crippen LogP contribution in [0.2, 0.25) is 0 Å². The number of amides is 1. The number of nitrogens with zero attached hydrogens (tertiary/aromatic N) is 3. The maximum Gasteiger partial charge on any atom is 0.435 e. The average Bonchev–Trinajstić information content (AvgIpc) is 3.20. The first-order valence-electron chi connectivity index (χ1n) is 7.87. The molecule has 1 fully saturated rings. The minimum absolute atomic E-state index is 0.0623. The molecule has 5 nitrogen and oxygen atoms in total. The van der Waals surface area contributed by atoms with Gasteiger partial charge in [0.1, 0.15) is 11.4 Å². The van der Waals surface area contributed by atoms with Gasteiger partial charge in [-0.3, -0.25) is 9.48 Å². The Balaban J connectivity index is 1.87. The van der Waals surface area contributed by atoms with E-state index in [1.165, 1.54) is 7.05 Å². The molecule has 0 aliphatic carbocycles. The molecule has 1 atom stereocenters. The van der Waals surface area contributed by atoms with Gasteiger partial charge < -0.3 is 9.64 Å². The zero-order chi connectivity index (χ0) is 18.2. The van der Waals surface area contributed by atoms with Gasteiger partial charge in [0.25, 0.3) is 5.91 Å². The second-order valence-corrected chi connectivity index (χ2v) is 5.97. The SMILES string of the molecule is COc1ccc(C2CCCN2C(=O)c2cc(C(F)(F)F)nn2C)cc1. The molecule has 1 aromatic heterocycles. The van der Waals surface area contributed by atoms with Crippen LogP contribution in [0.15, 0.2) is 30.3 Å². The van der Waals surface area contributed by atoms with Gasteiger partial charge in [-0.05, 0) is 30.5 Å². The van der Waals surface area contributed by atoms with Crippen molar-refractivity contribution in [2.75, 3.05) is 13.7 Å². The van der Waals surface area contributed by atoms with Gasteiger partial charge in [-0.2, -0.15) is 18.3 Å². The van der Waals surface area contributed by atoms with Crippen LogP contribution < -0.4 is 4.74 Å².